The highest BCUT2D eigenvalue weighted by atomic mass is 35.5. The van der Waals surface area contributed by atoms with Crippen molar-refractivity contribution in [1.29, 1.82) is 0 Å². The third kappa shape index (κ3) is 5.51. The fourth-order valence-electron chi connectivity index (χ4n) is 3.79. The monoisotopic (exact) mass is 496 g/mol. The van der Waals surface area contributed by atoms with E-state index in [1.165, 1.54) is 0 Å². The van der Waals surface area contributed by atoms with E-state index in [2.05, 4.69) is 15.6 Å². The number of hydrogen-bond donors (Lipinski definition) is 1. The lowest BCUT2D eigenvalue weighted by atomic mass is 9.99. The van der Waals surface area contributed by atoms with Gasteiger partial charge in [-0.25, -0.2) is 4.68 Å². The Morgan fingerprint density at radius 2 is 1.62 bits per heavy atom. The first-order chi connectivity index (χ1) is 16.2. The van der Waals surface area contributed by atoms with Gasteiger partial charge in [-0.1, -0.05) is 52.7 Å². The highest BCUT2D eigenvalue weighted by molar-refractivity contribution is 6.30. The number of carbonyl (C=O) groups is 1. The van der Waals surface area contributed by atoms with E-state index in [1.54, 1.807) is 38.1 Å². The van der Waals surface area contributed by atoms with Crippen molar-refractivity contribution in [3.63, 3.8) is 0 Å². The first kappa shape index (κ1) is 24.0. The van der Waals surface area contributed by atoms with Crippen LogP contribution in [0.4, 0.5) is 0 Å². The van der Waals surface area contributed by atoms with Gasteiger partial charge in [0.1, 0.15) is 11.3 Å². The third-order valence-corrected chi connectivity index (χ3v) is 6.22. The standard InChI is InChI=1S/C26H26Cl2N4O2/c1-17(29-25(33)26(2,3)34-21-14-12-20(28)13-15-21)24(16-18-8-10-19(27)11-9-18)32-23-7-5-4-6-22(23)30-31-32/h4-15,17,24H,16H2,1-3H3,(H,29,33). The lowest BCUT2D eigenvalue weighted by Crippen LogP contribution is -2.51. The van der Waals surface area contributed by atoms with Crippen molar-refractivity contribution in [2.24, 2.45) is 0 Å². The lowest BCUT2D eigenvalue weighted by molar-refractivity contribution is -0.135. The number of benzene rings is 3. The second-order valence-electron chi connectivity index (χ2n) is 8.75. The molecule has 1 aromatic heterocycles. The van der Waals surface area contributed by atoms with Gasteiger partial charge < -0.3 is 10.1 Å². The van der Waals surface area contributed by atoms with Gasteiger partial charge in [0.15, 0.2) is 5.60 Å². The molecule has 34 heavy (non-hydrogen) atoms. The van der Waals surface area contributed by atoms with Gasteiger partial charge in [0.2, 0.25) is 0 Å². The number of halogens is 2. The van der Waals surface area contributed by atoms with E-state index >= 15 is 0 Å². The van der Waals surface area contributed by atoms with Gasteiger partial charge in [0, 0.05) is 16.1 Å². The van der Waals surface area contributed by atoms with E-state index in [-0.39, 0.29) is 18.0 Å². The largest absolute Gasteiger partial charge is 0.478 e. The average molecular weight is 497 g/mol. The number of nitrogens with zero attached hydrogens (tertiary/aromatic N) is 3. The summed E-state index contributed by atoms with van der Waals surface area (Å²) < 4.78 is 7.85. The summed E-state index contributed by atoms with van der Waals surface area (Å²) in [6, 6.07) is 21.9. The van der Waals surface area contributed by atoms with Crippen molar-refractivity contribution in [3.8, 4) is 5.75 Å². The first-order valence-electron chi connectivity index (χ1n) is 11.0. The maximum absolute atomic E-state index is 13.3. The summed E-state index contributed by atoms with van der Waals surface area (Å²) in [5, 5.41) is 13.1. The Bertz CT molecular complexity index is 1270. The lowest BCUT2D eigenvalue weighted by Gasteiger charge is -2.31. The van der Waals surface area contributed by atoms with Crippen LogP contribution in [0.15, 0.2) is 72.8 Å². The van der Waals surface area contributed by atoms with Gasteiger partial charge in [-0.05, 0) is 81.3 Å². The van der Waals surface area contributed by atoms with Crippen LogP contribution in [0.1, 0.15) is 32.4 Å². The van der Waals surface area contributed by atoms with E-state index in [1.807, 2.05) is 60.1 Å². The van der Waals surface area contributed by atoms with Gasteiger partial charge in [-0.15, -0.1) is 5.10 Å². The Morgan fingerprint density at radius 1 is 1.00 bits per heavy atom. The van der Waals surface area contributed by atoms with Crippen LogP contribution in [-0.2, 0) is 11.2 Å². The molecule has 3 aromatic carbocycles. The highest BCUT2D eigenvalue weighted by Gasteiger charge is 2.33. The Labute approximate surface area is 208 Å². The number of ether oxygens (including phenoxy) is 1. The second kappa shape index (κ2) is 10.0. The Balaban J connectivity index is 1.58. The number of hydrogen-bond acceptors (Lipinski definition) is 4. The molecule has 0 spiro atoms. The SMILES string of the molecule is CC(NC(=O)C(C)(C)Oc1ccc(Cl)cc1)C(Cc1ccc(Cl)cc1)n1nnc2ccccc21. The molecule has 8 heteroatoms. The predicted molar refractivity (Wildman–Crippen MR) is 135 cm³/mol. The topological polar surface area (TPSA) is 69.0 Å². The quantitative estimate of drug-likeness (QED) is 0.330. The number of para-hydroxylation sites is 1. The number of amides is 1. The summed E-state index contributed by atoms with van der Waals surface area (Å²) in [6.07, 6.45) is 0.629. The maximum atomic E-state index is 13.3. The van der Waals surface area contributed by atoms with E-state index in [9.17, 15) is 4.79 Å². The van der Waals surface area contributed by atoms with E-state index in [0.29, 0.717) is 22.2 Å². The predicted octanol–water partition coefficient (Wildman–Crippen LogP) is 5.88. The van der Waals surface area contributed by atoms with Crippen molar-refractivity contribution < 1.29 is 9.53 Å². The molecule has 0 aliphatic carbocycles. The van der Waals surface area contributed by atoms with Crippen molar-refractivity contribution in [3.05, 3.63) is 88.4 Å². The second-order valence-corrected chi connectivity index (χ2v) is 9.62. The molecule has 1 N–H and O–H groups in total. The van der Waals surface area contributed by atoms with Gasteiger partial charge in [-0.2, -0.15) is 0 Å². The van der Waals surface area contributed by atoms with E-state index < -0.39 is 5.60 Å². The van der Waals surface area contributed by atoms with Gasteiger partial charge >= 0.3 is 0 Å². The summed E-state index contributed by atoms with van der Waals surface area (Å²) in [5.74, 6) is 0.331. The molecule has 0 saturated heterocycles. The zero-order chi connectivity index (χ0) is 24.3. The highest BCUT2D eigenvalue weighted by Crippen LogP contribution is 2.25. The summed E-state index contributed by atoms with van der Waals surface area (Å²) in [4.78, 5) is 13.3. The van der Waals surface area contributed by atoms with E-state index in [0.717, 1.165) is 16.6 Å². The van der Waals surface area contributed by atoms with Gasteiger partial charge in [0.05, 0.1) is 11.6 Å². The normalized spacial score (nSPS) is 13.4. The van der Waals surface area contributed by atoms with Crippen LogP contribution >= 0.6 is 23.2 Å². The zero-order valence-corrected chi connectivity index (χ0v) is 20.7. The molecule has 2 unspecified atom stereocenters. The molecular weight excluding hydrogens is 471 g/mol. The molecule has 1 heterocycles. The minimum atomic E-state index is -1.10. The Morgan fingerprint density at radius 3 is 2.29 bits per heavy atom. The van der Waals surface area contributed by atoms with Crippen LogP contribution in [0.25, 0.3) is 11.0 Å². The molecular formula is C26H26Cl2N4O2. The van der Waals surface area contributed by atoms with Crippen molar-refractivity contribution >= 4 is 40.1 Å². The molecule has 6 nitrogen and oxygen atoms in total. The van der Waals surface area contributed by atoms with E-state index in [4.69, 9.17) is 27.9 Å². The molecule has 4 aromatic rings. The van der Waals surface area contributed by atoms with Crippen LogP contribution in [0, 0.1) is 0 Å². The van der Waals surface area contributed by atoms with Crippen LogP contribution in [-0.4, -0.2) is 32.5 Å². The van der Waals surface area contributed by atoms with Crippen LogP contribution in [0.2, 0.25) is 10.0 Å². The summed E-state index contributed by atoms with van der Waals surface area (Å²) in [6.45, 7) is 5.44. The number of rotatable bonds is 8. The molecule has 176 valence electrons. The number of aromatic nitrogens is 3. The molecule has 0 bridgehead atoms. The minimum absolute atomic E-state index is 0.191. The number of nitrogens with one attached hydrogen (secondary N) is 1. The number of fused-ring (bicyclic) bond motifs is 1. The fourth-order valence-corrected chi connectivity index (χ4v) is 4.04. The molecule has 0 saturated carbocycles. The van der Waals surface area contributed by atoms with Crippen molar-refractivity contribution in [2.75, 3.05) is 0 Å². The third-order valence-electron chi connectivity index (χ3n) is 5.72. The van der Waals surface area contributed by atoms with Crippen molar-refractivity contribution in [2.45, 2.75) is 44.9 Å². The molecule has 1 amide bonds. The van der Waals surface area contributed by atoms with Gasteiger partial charge in [0.25, 0.3) is 5.91 Å². The van der Waals surface area contributed by atoms with Gasteiger partial charge in [-0.3, -0.25) is 4.79 Å². The molecule has 0 aliphatic rings. The Kier molecular flexibility index (Phi) is 7.10. The average Bonchev–Trinajstić information content (AvgIpc) is 3.24. The fraction of sp³-hybridized carbons (Fsp3) is 0.269. The summed E-state index contributed by atoms with van der Waals surface area (Å²) in [5.41, 5.74) is 1.68. The molecule has 4 rings (SSSR count). The van der Waals surface area contributed by atoms with Crippen LogP contribution in [0.5, 0.6) is 5.75 Å². The molecule has 0 fully saturated rings. The minimum Gasteiger partial charge on any atom is -0.478 e. The Hall–Kier alpha value is -3.09. The zero-order valence-electron chi connectivity index (χ0n) is 19.2. The van der Waals surface area contributed by atoms with Crippen LogP contribution < -0.4 is 10.1 Å². The molecule has 0 aliphatic heterocycles. The summed E-state index contributed by atoms with van der Waals surface area (Å²) >= 11 is 12.0. The number of carbonyl (C=O) groups excluding carboxylic acids is 1. The van der Waals surface area contributed by atoms with Crippen LogP contribution in [0.3, 0.4) is 0 Å². The van der Waals surface area contributed by atoms with Crippen molar-refractivity contribution in [1.82, 2.24) is 20.3 Å². The first-order valence-corrected chi connectivity index (χ1v) is 11.8. The maximum Gasteiger partial charge on any atom is 0.263 e. The smallest absolute Gasteiger partial charge is 0.263 e. The summed E-state index contributed by atoms with van der Waals surface area (Å²) in [7, 11) is 0. The molecule has 2 atom stereocenters. The molecule has 0 radical (unpaired) electrons.